The van der Waals surface area contributed by atoms with Crippen LogP contribution in [0.2, 0.25) is 5.02 Å². The van der Waals surface area contributed by atoms with E-state index in [1.54, 1.807) is 0 Å². The van der Waals surface area contributed by atoms with Crippen molar-refractivity contribution in [1.82, 2.24) is 14.8 Å². The number of thioether (sulfide) groups is 1. The zero-order chi connectivity index (χ0) is 17.8. The van der Waals surface area contributed by atoms with Gasteiger partial charge in [-0.25, -0.2) is 0 Å². The first kappa shape index (κ1) is 17.5. The van der Waals surface area contributed by atoms with E-state index in [2.05, 4.69) is 10.2 Å². The summed E-state index contributed by atoms with van der Waals surface area (Å²) in [5, 5.41) is 10.1. The fourth-order valence-corrected chi connectivity index (χ4v) is 3.45. The fourth-order valence-electron chi connectivity index (χ4n) is 2.42. The van der Waals surface area contributed by atoms with E-state index >= 15 is 0 Å². The maximum atomic E-state index is 11.0. The number of carbonyl (C=O) groups excluding carboxylic acids is 1. The number of amides is 1. The molecule has 0 saturated carbocycles. The van der Waals surface area contributed by atoms with Crippen LogP contribution >= 0.6 is 23.4 Å². The minimum absolute atomic E-state index is 0.293. The first-order chi connectivity index (χ1) is 12.1. The van der Waals surface area contributed by atoms with Gasteiger partial charge in [-0.3, -0.25) is 9.36 Å². The topological polar surface area (TPSA) is 73.8 Å². The highest BCUT2D eigenvalue weighted by molar-refractivity contribution is 7.99. The molecule has 0 aliphatic carbocycles. The Morgan fingerprint density at radius 3 is 2.56 bits per heavy atom. The van der Waals surface area contributed by atoms with E-state index in [0.717, 1.165) is 27.8 Å². The van der Waals surface area contributed by atoms with Crippen molar-refractivity contribution >= 4 is 29.3 Å². The molecule has 0 fully saturated rings. The van der Waals surface area contributed by atoms with Crippen molar-refractivity contribution < 1.29 is 4.79 Å². The highest BCUT2D eigenvalue weighted by Gasteiger charge is 2.17. The summed E-state index contributed by atoms with van der Waals surface area (Å²) in [5.74, 6) is 0.958. The van der Waals surface area contributed by atoms with Crippen LogP contribution < -0.4 is 5.73 Å². The van der Waals surface area contributed by atoms with Gasteiger partial charge in [0.2, 0.25) is 5.91 Å². The molecule has 5 nitrogen and oxygen atoms in total. The average molecular weight is 373 g/mol. The molecule has 0 spiro atoms. The summed E-state index contributed by atoms with van der Waals surface area (Å²) >= 11 is 7.45. The summed E-state index contributed by atoms with van der Waals surface area (Å²) in [7, 11) is 0. The summed E-state index contributed by atoms with van der Waals surface area (Å²) < 4.78 is 2.00. The van der Waals surface area contributed by atoms with Crippen molar-refractivity contribution in [2.45, 2.75) is 18.5 Å². The maximum absolute atomic E-state index is 11.0. The molecule has 3 rings (SSSR count). The lowest BCUT2D eigenvalue weighted by atomic mass is 10.1. The summed E-state index contributed by atoms with van der Waals surface area (Å²) in [6.07, 6.45) is 0.293. The number of nitrogens with zero attached hydrogens (tertiary/aromatic N) is 3. The zero-order valence-electron chi connectivity index (χ0n) is 13.6. The van der Waals surface area contributed by atoms with Crippen LogP contribution in [-0.2, 0) is 4.79 Å². The third-order valence-corrected chi connectivity index (χ3v) is 4.85. The highest BCUT2D eigenvalue weighted by Crippen LogP contribution is 2.30. The molecular weight excluding hydrogens is 356 g/mol. The Hall–Kier alpha value is -2.31. The number of rotatable bonds is 6. The lowest BCUT2D eigenvalue weighted by molar-refractivity contribution is -0.117. The molecule has 7 heteroatoms. The summed E-state index contributed by atoms with van der Waals surface area (Å²) in [6, 6.07) is 15.5. The number of nitrogens with two attached hydrogens (primary N) is 1. The molecule has 0 bridgehead atoms. The molecule has 128 valence electrons. The number of halogens is 1. The summed E-state index contributed by atoms with van der Waals surface area (Å²) in [4.78, 5) is 11.0. The molecule has 1 aromatic heterocycles. The van der Waals surface area contributed by atoms with Gasteiger partial charge in [-0.15, -0.1) is 10.2 Å². The Bertz CT molecular complexity index is 892. The molecule has 2 N–H and O–H groups in total. The van der Waals surface area contributed by atoms with E-state index in [1.807, 2.05) is 60.0 Å². The SMILES string of the molecule is Cc1ccccc1-n1c(SCCC(N)=O)nnc1-c1ccc(Cl)cc1. The number of hydrogen-bond donors (Lipinski definition) is 1. The van der Waals surface area contributed by atoms with Gasteiger partial charge in [0.15, 0.2) is 11.0 Å². The summed E-state index contributed by atoms with van der Waals surface area (Å²) in [5.41, 5.74) is 8.26. The van der Waals surface area contributed by atoms with Gasteiger partial charge in [-0.1, -0.05) is 41.6 Å². The quantitative estimate of drug-likeness (QED) is 0.666. The number of para-hydroxylation sites is 1. The van der Waals surface area contributed by atoms with E-state index in [4.69, 9.17) is 17.3 Å². The van der Waals surface area contributed by atoms with Gasteiger partial charge < -0.3 is 5.73 Å². The third-order valence-electron chi connectivity index (χ3n) is 3.67. The third kappa shape index (κ3) is 4.03. The van der Waals surface area contributed by atoms with Crippen molar-refractivity contribution in [2.75, 3.05) is 5.75 Å². The molecule has 0 atom stereocenters. The molecule has 0 aliphatic heterocycles. The number of benzene rings is 2. The van der Waals surface area contributed by atoms with Crippen LogP contribution in [0.25, 0.3) is 17.1 Å². The van der Waals surface area contributed by atoms with Gasteiger partial charge in [-0.05, 0) is 42.8 Å². The lowest BCUT2D eigenvalue weighted by Gasteiger charge is -2.12. The fraction of sp³-hybridized carbons (Fsp3) is 0.167. The van der Waals surface area contributed by atoms with Crippen LogP contribution in [0.3, 0.4) is 0 Å². The maximum Gasteiger partial charge on any atom is 0.218 e. The van der Waals surface area contributed by atoms with Gasteiger partial charge >= 0.3 is 0 Å². The van der Waals surface area contributed by atoms with Crippen LogP contribution in [0.1, 0.15) is 12.0 Å². The van der Waals surface area contributed by atoms with Crippen molar-refractivity contribution in [3.63, 3.8) is 0 Å². The molecular formula is C18H17ClN4OS. The van der Waals surface area contributed by atoms with Gasteiger partial charge in [0, 0.05) is 22.8 Å². The number of carbonyl (C=O) groups is 1. The van der Waals surface area contributed by atoms with Crippen LogP contribution in [0.5, 0.6) is 0 Å². The van der Waals surface area contributed by atoms with Crippen molar-refractivity contribution in [2.24, 2.45) is 5.73 Å². The van der Waals surface area contributed by atoms with E-state index in [0.29, 0.717) is 17.2 Å². The normalized spacial score (nSPS) is 10.8. The van der Waals surface area contributed by atoms with Crippen LogP contribution in [0.4, 0.5) is 0 Å². The van der Waals surface area contributed by atoms with Crippen LogP contribution in [0, 0.1) is 6.92 Å². The second-order valence-electron chi connectivity index (χ2n) is 5.50. The smallest absolute Gasteiger partial charge is 0.218 e. The second kappa shape index (κ2) is 7.72. The average Bonchev–Trinajstić information content (AvgIpc) is 2.99. The minimum Gasteiger partial charge on any atom is -0.370 e. The molecule has 1 heterocycles. The number of aromatic nitrogens is 3. The monoisotopic (exact) mass is 372 g/mol. The zero-order valence-corrected chi connectivity index (χ0v) is 15.2. The van der Waals surface area contributed by atoms with Crippen molar-refractivity contribution in [3.8, 4) is 17.1 Å². The van der Waals surface area contributed by atoms with Crippen LogP contribution in [0.15, 0.2) is 53.7 Å². The molecule has 0 aliphatic rings. The highest BCUT2D eigenvalue weighted by atomic mass is 35.5. The Labute approximate surface area is 155 Å². The Morgan fingerprint density at radius 1 is 1.16 bits per heavy atom. The predicted octanol–water partition coefficient (Wildman–Crippen LogP) is 3.86. The second-order valence-corrected chi connectivity index (χ2v) is 7.00. The Morgan fingerprint density at radius 2 is 1.88 bits per heavy atom. The van der Waals surface area contributed by atoms with E-state index in [-0.39, 0.29) is 5.91 Å². The lowest BCUT2D eigenvalue weighted by Crippen LogP contribution is -2.11. The molecule has 0 unspecified atom stereocenters. The number of aryl methyl sites for hydroxylation is 1. The van der Waals surface area contributed by atoms with E-state index < -0.39 is 0 Å². The molecule has 0 radical (unpaired) electrons. The molecule has 2 aromatic carbocycles. The standard InChI is InChI=1S/C18H17ClN4OS/c1-12-4-2-3-5-15(12)23-17(13-6-8-14(19)9-7-13)21-22-18(23)25-11-10-16(20)24/h2-9H,10-11H2,1H3,(H2,20,24). The molecule has 3 aromatic rings. The van der Waals surface area contributed by atoms with Crippen molar-refractivity contribution in [3.05, 3.63) is 59.1 Å². The summed E-state index contributed by atoms with van der Waals surface area (Å²) in [6.45, 7) is 2.04. The van der Waals surface area contributed by atoms with E-state index in [1.165, 1.54) is 11.8 Å². The molecule has 1 amide bonds. The predicted molar refractivity (Wildman–Crippen MR) is 101 cm³/mol. The largest absolute Gasteiger partial charge is 0.370 e. The Balaban J connectivity index is 2.06. The first-order valence-corrected chi connectivity index (χ1v) is 9.11. The van der Waals surface area contributed by atoms with Gasteiger partial charge in [0.25, 0.3) is 0 Å². The van der Waals surface area contributed by atoms with Gasteiger partial charge in [-0.2, -0.15) is 0 Å². The molecule has 25 heavy (non-hydrogen) atoms. The first-order valence-electron chi connectivity index (χ1n) is 7.74. The van der Waals surface area contributed by atoms with Gasteiger partial charge in [0.05, 0.1) is 5.69 Å². The number of primary amides is 1. The van der Waals surface area contributed by atoms with Gasteiger partial charge in [0.1, 0.15) is 0 Å². The Kier molecular flexibility index (Phi) is 5.40. The molecule has 0 saturated heterocycles. The van der Waals surface area contributed by atoms with Crippen molar-refractivity contribution in [1.29, 1.82) is 0 Å². The minimum atomic E-state index is -0.326. The van der Waals surface area contributed by atoms with Crippen LogP contribution in [-0.4, -0.2) is 26.4 Å². The number of hydrogen-bond acceptors (Lipinski definition) is 4. The van der Waals surface area contributed by atoms with E-state index in [9.17, 15) is 4.79 Å².